The topological polar surface area (TPSA) is 87.3 Å². The maximum absolute atomic E-state index is 10.1. The Morgan fingerprint density at radius 2 is 2.17 bits per heavy atom. The zero-order valence-electron chi connectivity index (χ0n) is 10.9. The third kappa shape index (κ3) is 2.54. The van der Waals surface area contributed by atoms with E-state index in [0.29, 0.717) is 5.95 Å². The standard InChI is InChI=1S/C12H21N5O/c1-8-7-14-12(16-13)15-11(8)17(2)9-5-3-4-6-10(9)18/h7,9-10,18H,3-6,13H2,1-2H3,(H,14,15,16). The molecule has 1 saturated carbocycles. The first-order chi connectivity index (χ1) is 8.63. The van der Waals surface area contributed by atoms with Gasteiger partial charge in [-0.05, 0) is 19.8 Å². The van der Waals surface area contributed by atoms with E-state index < -0.39 is 0 Å². The maximum atomic E-state index is 10.1. The summed E-state index contributed by atoms with van der Waals surface area (Å²) in [6.45, 7) is 1.96. The van der Waals surface area contributed by atoms with E-state index in [9.17, 15) is 5.11 Å². The van der Waals surface area contributed by atoms with E-state index in [-0.39, 0.29) is 12.1 Å². The number of aryl methyl sites for hydroxylation is 1. The molecular weight excluding hydrogens is 230 g/mol. The van der Waals surface area contributed by atoms with Gasteiger partial charge in [-0.1, -0.05) is 12.8 Å². The van der Waals surface area contributed by atoms with Gasteiger partial charge >= 0.3 is 0 Å². The van der Waals surface area contributed by atoms with Crippen LogP contribution >= 0.6 is 0 Å². The van der Waals surface area contributed by atoms with Crippen LogP contribution in [0.2, 0.25) is 0 Å². The summed E-state index contributed by atoms with van der Waals surface area (Å²) in [6, 6.07) is 0.123. The van der Waals surface area contributed by atoms with Gasteiger partial charge < -0.3 is 10.0 Å². The Bertz CT molecular complexity index is 411. The number of aromatic nitrogens is 2. The molecule has 1 aliphatic rings. The normalized spacial score (nSPS) is 23.8. The van der Waals surface area contributed by atoms with Gasteiger partial charge in [0, 0.05) is 18.8 Å². The second-order valence-corrected chi connectivity index (χ2v) is 4.87. The highest BCUT2D eigenvalue weighted by Crippen LogP contribution is 2.27. The summed E-state index contributed by atoms with van der Waals surface area (Å²) >= 11 is 0. The van der Waals surface area contributed by atoms with Crippen molar-refractivity contribution in [3.63, 3.8) is 0 Å². The molecule has 1 heterocycles. The molecule has 0 aromatic carbocycles. The van der Waals surface area contributed by atoms with Gasteiger partial charge in [0.1, 0.15) is 5.82 Å². The number of nitrogen functional groups attached to an aromatic ring is 1. The van der Waals surface area contributed by atoms with Crippen molar-refractivity contribution in [3.05, 3.63) is 11.8 Å². The third-order valence-electron chi connectivity index (χ3n) is 3.60. The van der Waals surface area contributed by atoms with Crippen molar-refractivity contribution in [3.8, 4) is 0 Å². The molecule has 1 aromatic rings. The first kappa shape index (κ1) is 13.0. The van der Waals surface area contributed by atoms with Gasteiger partial charge in [-0.15, -0.1) is 0 Å². The van der Waals surface area contributed by atoms with Crippen LogP contribution in [0.25, 0.3) is 0 Å². The lowest BCUT2D eigenvalue weighted by molar-refractivity contribution is 0.106. The minimum Gasteiger partial charge on any atom is -0.391 e. The van der Waals surface area contributed by atoms with Gasteiger partial charge in [0.25, 0.3) is 0 Å². The summed E-state index contributed by atoms with van der Waals surface area (Å²) in [5.41, 5.74) is 3.43. The molecule has 1 aromatic heterocycles. The van der Waals surface area contributed by atoms with Crippen molar-refractivity contribution >= 4 is 11.8 Å². The molecule has 1 aliphatic carbocycles. The molecule has 0 radical (unpaired) electrons. The lowest BCUT2D eigenvalue weighted by Crippen LogP contribution is -2.44. The minimum absolute atomic E-state index is 0.123. The van der Waals surface area contributed by atoms with Gasteiger partial charge in [0.15, 0.2) is 0 Å². The Morgan fingerprint density at radius 1 is 1.44 bits per heavy atom. The number of hydrazine groups is 1. The summed E-state index contributed by atoms with van der Waals surface area (Å²) in [7, 11) is 1.97. The van der Waals surface area contributed by atoms with Crippen LogP contribution in [0.4, 0.5) is 11.8 Å². The molecular formula is C12H21N5O. The number of likely N-dealkylation sites (N-methyl/N-ethyl adjacent to an activating group) is 1. The lowest BCUT2D eigenvalue weighted by Gasteiger charge is -2.36. The SMILES string of the molecule is Cc1cnc(NN)nc1N(C)C1CCCCC1O. The lowest BCUT2D eigenvalue weighted by atomic mass is 9.91. The summed E-state index contributed by atoms with van der Waals surface area (Å²) in [5, 5.41) is 10.1. The molecule has 0 aliphatic heterocycles. The van der Waals surface area contributed by atoms with Crippen LogP contribution in [-0.4, -0.2) is 34.3 Å². The maximum Gasteiger partial charge on any atom is 0.239 e. The van der Waals surface area contributed by atoms with Crippen LogP contribution in [0.15, 0.2) is 6.20 Å². The Morgan fingerprint density at radius 3 is 2.83 bits per heavy atom. The van der Waals surface area contributed by atoms with E-state index in [0.717, 1.165) is 37.1 Å². The fourth-order valence-electron chi connectivity index (χ4n) is 2.56. The van der Waals surface area contributed by atoms with Gasteiger partial charge in [-0.2, -0.15) is 4.98 Å². The number of nitrogens with one attached hydrogen (secondary N) is 1. The van der Waals surface area contributed by atoms with E-state index in [1.165, 1.54) is 0 Å². The molecule has 6 nitrogen and oxygen atoms in total. The predicted octanol–water partition coefficient (Wildman–Crippen LogP) is 0.810. The zero-order chi connectivity index (χ0) is 13.1. The molecule has 2 unspecified atom stereocenters. The summed E-state index contributed by atoms with van der Waals surface area (Å²) in [5.74, 6) is 6.55. The van der Waals surface area contributed by atoms with Gasteiger partial charge in [-0.3, -0.25) is 5.43 Å². The Balaban J connectivity index is 2.23. The van der Waals surface area contributed by atoms with Crippen LogP contribution in [0.3, 0.4) is 0 Å². The largest absolute Gasteiger partial charge is 0.391 e. The molecule has 18 heavy (non-hydrogen) atoms. The summed E-state index contributed by atoms with van der Waals surface area (Å²) in [6.07, 6.45) is 5.56. The number of hydrogen-bond donors (Lipinski definition) is 3. The quantitative estimate of drug-likeness (QED) is 0.544. The first-order valence-corrected chi connectivity index (χ1v) is 6.34. The van der Waals surface area contributed by atoms with Gasteiger partial charge in [0.05, 0.1) is 12.1 Å². The number of rotatable bonds is 3. The van der Waals surface area contributed by atoms with E-state index >= 15 is 0 Å². The zero-order valence-corrected chi connectivity index (χ0v) is 10.9. The van der Waals surface area contributed by atoms with E-state index in [1.807, 2.05) is 18.9 Å². The Kier molecular flexibility index (Phi) is 3.98. The summed E-state index contributed by atoms with van der Waals surface area (Å²) in [4.78, 5) is 10.5. The van der Waals surface area contributed by atoms with Crippen molar-refractivity contribution in [2.24, 2.45) is 5.84 Å². The monoisotopic (exact) mass is 251 g/mol. The number of nitrogens with two attached hydrogens (primary N) is 1. The van der Waals surface area contributed by atoms with Crippen molar-refractivity contribution in [1.82, 2.24) is 9.97 Å². The number of aliphatic hydroxyl groups is 1. The van der Waals surface area contributed by atoms with Crippen molar-refractivity contribution in [1.29, 1.82) is 0 Å². The van der Waals surface area contributed by atoms with Gasteiger partial charge in [0.2, 0.25) is 5.95 Å². The third-order valence-corrected chi connectivity index (χ3v) is 3.60. The number of anilines is 2. The van der Waals surface area contributed by atoms with Crippen molar-refractivity contribution < 1.29 is 5.11 Å². The highest BCUT2D eigenvalue weighted by Gasteiger charge is 2.28. The molecule has 4 N–H and O–H groups in total. The van der Waals surface area contributed by atoms with Crippen LogP contribution in [0, 0.1) is 6.92 Å². The number of hydrogen-bond acceptors (Lipinski definition) is 6. The van der Waals surface area contributed by atoms with Crippen LogP contribution in [-0.2, 0) is 0 Å². The number of nitrogens with zero attached hydrogens (tertiary/aromatic N) is 3. The first-order valence-electron chi connectivity index (χ1n) is 6.34. The van der Waals surface area contributed by atoms with E-state index in [4.69, 9.17) is 5.84 Å². The average molecular weight is 251 g/mol. The Labute approximate surface area is 107 Å². The van der Waals surface area contributed by atoms with Crippen LogP contribution in [0.5, 0.6) is 0 Å². The molecule has 0 amide bonds. The van der Waals surface area contributed by atoms with Crippen molar-refractivity contribution in [2.75, 3.05) is 17.4 Å². The van der Waals surface area contributed by atoms with Crippen LogP contribution in [0.1, 0.15) is 31.2 Å². The second-order valence-electron chi connectivity index (χ2n) is 4.87. The van der Waals surface area contributed by atoms with Gasteiger partial charge in [-0.25, -0.2) is 10.8 Å². The Hall–Kier alpha value is -1.40. The average Bonchev–Trinajstić information content (AvgIpc) is 2.39. The molecule has 0 saturated heterocycles. The molecule has 6 heteroatoms. The minimum atomic E-state index is -0.285. The fraction of sp³-hybridized carbons (Fsp3) is 0.667. The second kappa shape index (κ2) is 5.49. The molecule has 1 fully saturated rings. The number of aliphatic hydroxyl groups excluding tert-OH is 1. The van der Waals surface area contributed by atoms with Crippen LogP contribution < -0.4 is 16.2 Å². The summed E-state index contributed by atoms with van der Waals surface area (Å²) < 4.78 is 0. The predicted molar refractivity (Wildman–Crippen MR) is 71.2 cm³/mol. The fourth-order valence-corrected chi connectivity index (χ4v) is 2.56. The highest BCUT2D eigenvalue weighted by molar-refractivity contribution is 5.49. The highest BCUT2D eigenvalue weighted by atomic mass is 16.3. The van der Waals surface area contributed by atoms with E-state index in [1.54, 1.807) is 6.20 Å². The van der Waals surface area contributed by atoms with Crippen molar-refractivity contribution in [2.45, 2.75) is 44.8 Å². The molecule has 2 rings (SSSR count). The molecule has 100 valence electrons. The molecule has 2 atom stereocenters. The smallest absolute Gasteiger partial charge is 0.239 e. The van der Waals surface area contributed by atoms with E-state index in [2.05, 4.69) is 15.4 Å². The molecule has 0 bridgehead atoms. The molecule has 0 spiro atoms.